The van der Waals surface area contributed by atoms with Gasteiger partial charge in [0.25, 0.3) is 0 Å². The average molecular weight is 298 g/mol. The molecule has 4 heteroatoms. The van der Waals surface area contributed by atoms with Crippen LogP contribution in [0.2, 0.25) is 0 Å². The third kappa shape index (κ3) is 4.92. The third-order valence-corrected chi connectivity index (χ3v) is 4.05. The summed E-state index contributed by atoms with van der Waals surface area (Å²) in [6, 6.07) is 9.52. The van der Waals surface area contributed by atoms with Gasteiger partial charge in [0.1, 0.15) is 11.8 Å². The molecular weight excluding hydrogens is 276 g/mol. The van der Waals surface area contributed by atoms with Gasteiger partial charge in [0, 0.05) is 12.1 Å². The van der Waals surface area contributed by atoms with Gasteiger partial charge in [-0.3, -0.25) is 4.79 Å². The van der Waals surface area contributed by atoms with Gasteiger partial charge in [-0.1, -0.05) is 31.9 Å². The molecule has 4 nitrogen and oxygen atoms in total. The van der Waals surface area contributed by atoms with Crippen molar-refractivity contribution < 1.29 is 9.53 Å². The maximum atomic E-state index is 12.0. The first-order valence-corrected chi connectivity index (χ1v) is 7.77. The topological polar surface area (TPSA) is 62.1 Å². The number of nitriles is 1. The summed E-state index contributed by atoms with van der Waals surface area (Å²) in [4.78, 5) is 12.0. The molecule has 1 saturated carbocycles. The number of carbonyl (C=O) groups excluding carboxylic acids is 1. The number of rotatable bonds is 5. The van der Waals surface area contributed by atoms with Crippen molar-refractivity contribution in [2.75, 3.05) is 6.61 Å². The molecule has 0 aliphatic heterocycles. The number of benzene rings is 1. The van der Waals surface area contributed by atoms with E-state index >= 15 is 0 Å². The Morgan fingerprint density at radius 2 is 2.09 bits per heavy atom. The zero-order valence-corrected chi connectivity index (χ0v) is 12.9. The molecule has 0 bridgehead atoms. The van der Waals surface area contributed by atoms with Gasteiger partial charge in [-0.2, -0.15) is 5.26 Å². The predicted octanol–water partition coefficient (Wildman–Crippen LogP) is 3.30. The Hall–Kier alpha value is -2.28. The van der Waals surface area contributed by atoms with Crippen LogP contribution in [0.3, 0.4) is 0 Å². The number of nitrogens with zero attached hydrogens (tertiary/aromatic N) is 1. The molecule has 1 aromatic rings. The van der Waals surface area contributed by atoms with Crippen LogP contribution in [-0.2, 0) is 4.79 Å². The molecule has 2 unspecified atom stereocenters. The smallest absolute Gasteiger partial charge is 0.244 e. The average Bonchev–Trinajstić information content (AvgIpc) is 2.54. The highest BCUT2D eigenvalue weighted by Crippen LogP contribution is 2.23. The number of hydrogen-bond acceptors (Lipinski definition) is 3. The number of nitrogens with one attached hydrogen (secondary N) is 1. The van der Waals surface area contributed by atoms with Crippen molar-refractivity contribution in [3.63, 3.8) is 0 Å². The second-order valence-electron chi connectivity index (χ2n) is 5.73. The van der Waals surface area contributed by atoms with E-state index in [1.54, 1.807) is 24.3 Å². The lowest BCUT2D eigenvalue weighted by Crippen LogP contribution is -2.40. The lowest BCUT2D eigenvalue weighted by atomic mass is 9.86. The van der Waals surface area contributed by atoms with Crippen LogP contribution in [0.25, 0.3) is 6.08 Å². The number of amides is 1. The molecule has 0 radical (unpaired) electrons. The molecule has 2 atom stereocenters. The minimum atomic E-state index is -0.0384. The molecule has 1 aromatic carbocycles. The highest BCUT2D eigenvalue weighted by Gasteiger charge is 2.21. The molecule has 0 spiro atoms. The van der Waals surface area contributed by atoms with Gasteiger partial charge in [0.2, 0.25) is 5.91 Å². The second-order valence-corrected chi connectivity index (χ2v) is 5.73. The lowest BCUT2D eigenvalue weighted by Gasteiger charge is -2.29. The Morgan fingerprint density at radius 3 is 2.77 bits per heavy atom. The van der Waals surface area contributed by atoms with Crippen molar-refractivity contribution in [3.05, 3.63) is 35.9 Å². The summed E-state index contributed by atoms with van der Waals surface area (Å²) < 4.78 is 5.18. The Morgan fingerprint density at radius 1 is 1.36 bits per heavy atom. The number of carbonyl (C=O) groups is 1. The van der Waals surface area contributed by atoms with Crippen LogP contribution < -0.4 is 10.1 Å². The van der Waals surface area contributed by atoms with Crippen LogP contribution in [0, 0.1) is 17.2 Å². The van der Waals surface area contributed by atoms with Crippen molar-refractivity contribution >= 4 is 12.0 Å². The summed E-state index contributed by atoms with van der Waals surface area (Å²) >= 11 is 0. The van der Waals surface area contributed by atoms with Gasteiger partial charge in [0.15, 0.2) is 6.61 Å². The summed E-state index contributed by atoms with van der Waals surface area (Å²) in [5.74, 6) is 1.17. The van der Waals surface area contributed by atoms with Gasteiger partial charge in [-0.05, 0) is 42.5 Å². The molecule has 1 N–H and O–H groups in total. The van der Waals surface area contributed by atoms with E-state index in [2.05, 4.69) is 12.2 Å². The summed E-state index contributed by atoms with van der Waals surface area (Å²) in [5.41, 5.74) is 0.927. The molecule has 116 valence electrons. The summed E-state index contributed by atoms with van der Waals surface area (Å²) in [5, 5.41) is 11.5. The molecule has 2 rings (SSSR count). The van der Waals surface area contributed by atoms with Gasteiger partial charge in [-0.15, -0.1) is 0 Å². The molecular formula is C18H22N2O2. The van der Waals surface area contributed by atoms with E-state index < -0.39 is 0 Å². The number of hydrogen-bond donors (Lipinski definition) is 1. The molecule has 1 amide bonds. The van der Waals surface area contributed by atoms with E-state index in [9.17, 15) is 4.79 Å². The predicted molar refractivity (Wildman–Crippen MR) is 86.1 cm³/mol. The summed E-state index contributed by atoms with van der Waals surface area (Å²) in [6.45, 7) is 2.24. The van der Waals surface area contributed by atoms with E-state index in [0.29, 0.717) is 17.7 Å². The number of ether oxygens (including phenoxy) is 1. The second kappa shape index (κ2) is 8.23. The van der Waals surface area contributed by atoms with Crippen LogP contribution in [-0.4, -0.2) is 18.6 Å². The monoisotopic (exact) mass is 298 g/mol. The lowest BCUT2D eigenvalue weighted by molar-refractivity contribution is -0.117. The first kappa shape index (κ1) is 16.1. The van der Waals surface area contributed by atoms with Crippen LogP contribution >= 0.6 is 0 Å². The minimum absolute atomic E-state index is 0.0384. The summed E-state index contributed by atoms with van der Waals surface area (Å²) in [6.07, 6.45) is 8.10. The van der Waals surface area contributed by atoms with E-state index in [-0.39, 0.29) is 12.5 Å². The molecule has 0 saturated heterocycles. The maximum Gasteiger partial charge on any atom is 0.244 e. The van der Waals surface area contributed by atoms with Crippen molar-refractivity contribution in [2.24, 2.45) is 5.92 Å². The minimum Gasteiger partial charge on any atom is -0.479 e. The fourth-order valence-corrected chi connectivity index (χ4v) is 2.72. The Labute approximate surface area is 131 Å². The molecule has 0 aromatic heterocycles. The Kier molecular flexibility index (Phi) is 6.02. The molecule has 1 fully saturated rings. The maximum absolute atomic E-state index is 12.0. The van der Waals surface area contributed by atoms with Crippen molar-refractivity contribution in [1.29, 1.82) is 5.26 Å². The van der Waals surface area contributed by atoms with E-state index in [0.717, 1.165) is 12.0 Å². The summed E-state index contributed by atoms with van der Waals surface area (Å²) in [7, 11) is 0. The SMILES string of the molecule is CC1CCCCC1NC(=O)/C=C/c1ccc(OCC#N)cc1. The van der Waals surface area contributed by atoms with Crippen molar-refractivity contribution in [2.45, 2.75) is 38.6 Å². The van der Waals surface area contributed by atoms with Crippen molar-refractivity contribution in [1.82, 2.24) is 5.32 Å². The van der Waals surface area contributed by atoms with Gasteiger partial charge in [-0.25, -0.2) is 0 Å². The molecule has 22 heavy (non-hydrogen) atoms. The van der Waals surface area contributed by atoms with Crippen LogP contribution in [0.15, 0.2) is 30.3 Å². The normalized spacial score (nSPS) is 21.3. The van der Waals surface area contributed by atoms with Crippen LogP contribution in [0.5, 0.6) is 5.75 Å². The Balaban J connectivity index is 1.85. The molecule has 1 aliphatic carbocycles. The highest BCUT2D eigenvalue weighted by atomic mass is 16.5. The zero-order valence-electron chi connectivity index (χ0n) is 12.9. The van der Waals surface area contributed by atoms with Crippen LogP contribution in [0.1, 0.15) is 38.2 Å². The van der Waals surface area contributed by atoms with Crippen molar-refractivity contribution in [3.8, 4) is 11.8 Å². The first-order chi connectivity index (χ1) is 10.7. The van der Waals surface area contributed by atoms with Crippen LogP contribution in [0.4, 0.5) is 0 Å². The Bertz CT molecular complexity index is 557. The van der Waals surface area contributed by atoms with E-state index in [4.69, 9.17) is 10.00 Å². The largest absolute Gasteiger partial charge is 0.479 e. The van der Waals surface area contributed by atoms with E-state index in [1.807, 2.05) is 18.2 Å². The van der Waals surface area contributed by atoms with Gasteiger partial charge >= 0.3 is 0 Å². The third-order valence-electron chi connectivity index (χ3n) is 4.05. The first-order valence-electron chi connectivity index (χ1n) is 7.77. The standard InChI is InChI=1S/C18H22N2O2/c1-14-4-2-3-5-17(14)20-18(21)11-8-15-6-9-16(10-7-15)22-13-12-19/h6-11,14,17H,2-5,13H2,1H3,(H,20,21)/b11-8+. The highest BCUT2D eigenvalue weighted by molar-refractivity contribution is 5.91. The van der Waals surface area contributed by atoms with E-state index in [1.165, 1.54) is 19.3 Å². The fourth-order valence-electron chi connectivity index (χ4n) is 2.72. The zero-order chi connectivity index (χ0) is 15.8. The fraction of sp³-hybridized carbons (Fsp3) is 0.444. The molecule has 1 aliphatic rings. The van der Waals surface area contributed by atoms with Gasteiger partial charge < -0.3 is 10.1 Å². The molecule has 0 heterocycles. The van der Waals surface area contributed by atoms with Gasteiger partial charge in [0.05, 0.1) is 0 Å². The quantitative estimate of drug-likeness (QED) is 0.848.